The van der Waals surface area contributed by atoms with Gasteiger partial charge in [-0.25, -0.2) is 4.98 Å². The first kappa shape index (κ1) is 21.7. The lowest BCUT2D eigenvalue weighted by atomic mass is 9.98. The van der Waals surface area contributed by atoms with Crippen molar-refractivity contribution in [1.82, 2.24) is 19.8 Å². The number of carbonyl (C=O) groups is 1. The van der Waals surface area contributed by atoms with Crippen LogP contribution in [0.1, 0.15) is 50.0 Å². The van der Waals surface area contributed by atoms with Crippen LogP contribution in [0.25, 0.3) is 0 Å². The molecule has 2 saturated heterocycles. The van der Waals surface area contributed by atoms with Gasteiger partial charge in [0.15, 0.2) is 0 Å². The maximum Gasteiger partial charge on any atom is 0.274 e. The predicted molar refractivity (Wildman–Crippen MR) is 121 cm³/mol. The van der Waals surface area contributed by atoms with E-state index in [2.05, 4.69) is 38.9 Å². The fourth-order valence-electron chi connectivity index (χ4n) is 4.57. The Hall–Kier alpha value is -2.51. The van der Waals surface area contributed by atoms with E-state index in [-0.39, 0.29) is 12.0 Å². The second-order valence-electron chi connectivity index (χ2n) is 8.79. The van der Waals surface area contributed by atoms with Gasteiger partial charge >= 0.3 is 0 Å². The highest BCUT2D eigenvalue weighted by atomic mass is 16.5. The fourth-order valence-corrected chi connectivity index (χ4v) is 4.57. The molecule has 2 aliphatic heterocycles. The number of piperidine rings is 2. The lowest BCUT2D eigenvalue weighted by Gasteiger charge is -2.43. The van der Waals surface area contributed by atoms with E-state index in [1.54, 1.807) is 30.6 Å². The Balaban J connectivity index is 1.33. The van der Waals surface area contributed by atoms with Gasteiger partial charge in [-0.1, -0.05) is 6.07 Å². The average Bonchev–Trinajstić information content (AvgIpc) is 2.80. The summed E-state index contributed by atoms with van der Waals surface area (Å²) < 4.78 is 6.22. The van der Waals surface area contributed by atoms with Crippen LogP contribution in [-0.4, -0.2) is 70.0 Å². The molecule has 1 amide bonds. The summed E-state index contributed by atoms with van der Waals surface area (Å²) in [5, 5.41) is 2.84. The highest BCUT2D eigenvalue weighted by molar-refractivity contribution is 6.02. The lowest BCUT2D eigenvalue weighted by molar-refractivity contribution is 0.0297. The number of hydrogen-bond acceptors (Lipinski definition) is 6. The van der Waals surface area contributed by atoms with E-state index in [4.69, 9.17) is 4.74 Å². The van der Waals surface area contributed by atoms with Gasteiger partial charge in [0.1, 0.15) is 11.8 Å². The van der Waals surface area contributed by atoms with Gasteiger partial charge in [0.05, 0.1) is 0 Å². The average molecular weight is 424 g/mol. The molecule has 0 bridgehead atoms. The van der Waals surface area contributed by atoms with E-state index in [1.807, 2.05) is 12.1 Å². The van der Waals surface area contributed by atoms with Crippen molar-refractivity contribution in [2.24, 2.45) is 0 Å². The SMILES string of the molecule is CC(C)N1CCC(N2CCCC(Oc3cccc(C(=O)Nc4ccncc4)n3)C2)CC1. The summed E-state index contributed by atoms with van der Waals surface area (Å²) in [6, 6.07) is 10.1. The Morgan fingerprint density at radius 2 is 1.87 bits per heavy atom. The van der Waals surface area contributed by atoms with E-state index in [0.29, 0.717) is 29.3 Å². The van der Waals surface area contributed by atoms with Crippen molar-refractivity contribution in [3.63, 3.8) is 0 Å². The number of likely N-dealkylation sites (tertiary alicyclic amines) is 2. The molecule has 0 spiro atoms. The molecule has 2 aliphatic rings. The summed E-state index contributed by atoms with van der Waals surface area (Å²) in [7, 11) is 0. The molecule has 2 fully saturated rings. The largest absolute Gasteiger partial charge is 0.473 e. The Labute approximate surface area is 184 Å². The molecule has 7 heteroatoms. The number of nitrogens with one attached hydrogen (secondary N) is 1. The van der Waals surface area contributed by atoms with E-state index in [0.717, 1.165) is 25.9 Å². The van der Waals surface area contributed by atoms with E-state index >= 15 is 0 Å². The summed E-state index contributed by atoms with van der Waals surface area (Å²) in [5.41, 5.74) is 1.04. The van der Waals surface area contributed by atoms with Gasteiger partial charge < -0.3 is 15.0 Å². The van der Waals surface area contributed by atoms with Crippen molar-refractivity contribution in [1.29, 1.82) is 0 Å². The molecule has 0 aliphatic carbocycles. The standard InChI is InChI=1S/C24H33N5O2/c1-18(2)28-15-10-20(11-16-28)29-14-4-5-21(17-29)31-23-7-3-6-22(27-23)24(30)26-19-8-12-25-13-9-19/h3,6-9,12-13,18,20-21H,4-5,10-11,14-17H2,1-2H3,(H,25,26,30). The van der Waals surface area contributed by atoms with Crippen molar-refractivity contribution < 1.29 is 9.53 Å². The van der Waals surface area contributed by atoms with Gasteiger partial charge in [0.25, 0.3) is 5.91 Å². The molecule has 1 N–H and O–H groups in total. The highest BCUT2D eigenvalue weighted by Gasteiger charge is 2.30. The number of rotatable bonds is 6. The normalized spacial score (nSPS) is 21.2. The minimum absolute atomic E-state index is 0.114. The molecular weight excluding hydrogens is 390 g/mol. The molecule has 31 heavy (non-hydrogen) atoms. The van der Waals surface area contributed by atoms with Crippen LogP contribution >= 0.6 is 0 Å². The van der Waals surface area contributed by atoms with Crippen LogP contribution in [0.2, 0.25) is 0 Å². The molecule has 2 aromatic heterocycles. The minimum Gasteiger partial charge on any atom is -0.473 e. The maximum atomic E-state index is 12.5. The third-order valence-corrected chi connectivity index (χ3v) is 6.34. The van der Waals surface area contributed by atoms with Crippen LogP contribution in [0.3, 0.4) is 0 Å². The second kappa shape index (κ2) is 10.2. The topological polar surface area (TPSA) is 70.6 Å². The Kier molecular flexibility index (Phi) is 7.14. The number of anilines is 1. The zero-order valence-electron chi connectivity index (χ0n) is 18.5. The molecule has 2 aromatic rings. The third kappa shape index (κ3) is 5.80. The lowest BCUT2D eigenvalue weighted by Crippen LogP contribution is -2.51. The first-order valence-corrected chi connectivity index (χ1v) is 11.4. The molecule has 166 valence electrons. The zero-order chi connectivity index (χ0) is 21.6. The van der Waals surface area contributed by atoms with Crippen molar-refractivity contribution >= 4 is 11.6 Å². The first-order valence-electron chi connectivity index (χ1n) is 11.4. The van der Waals surface area contributed by atoms with Crippen molar-refractivity contribution in [3.05, 3.63) is 48.4 Å². The Bertz CT molecular complexity index is 852. The number of pyridine rings is 2. The fraction of sp³-hybridized carbons (Fsp3) is 0.542. The summed E-state index contributed by atoms with van der Waals surface area (Å²) in [6.45, 7) is 9.00. The highest BCUT2D eigenvalue weighted by Crippen LogP contribution is 2.24. The molecular formula is C24H33N5O2. The minimum atomic E-state index is -0.251. The van der Waals surface area contributed by atoms with Crippen LogP contribution < -0.4 is 10.1 Å². The van der Waals surface area contributed by atoms with Gasteiger partial charge in [-0.15, -0.1) is 0 Å². The Morgan fingerprint density at radius 1 is 1.10 bits per heavy atom. The maximum absolute atomic E-state index is 12.5. The van der Waals surface area contributed by atoms with Gasteiger partial charge in [-0.2, -0.15) is 0 Å². The van der Waals surface area contributed by atoms with Crippen molar-refractivity contribution in [3.8, 4) is 5.88 Å². The first-order chi connectivity index (χ1) is 15.1. The molecule has 0 aromatic carbocycles. The smallest absolute Gasteiger partial charge is 0.274 e. The molecule has 1 atom stereocenters. The van der Waals surface area contributed by atoms with E-state index < -0.39 is 0 Å². The third-order valence-electron chi connectivity index (χ3n) is 6.34. The van der Waals surface area contributed by atoms with Crippen LogP contribution in [0.15, 0.2) is 42.7 Å². The summed E-state index contributed by atoms with van der Waals surface area (Å²) >= 11 is 0. The number of hydrogen-bond donors (Lipinski definition) is 1. The zero-order valence-corrected chi connectivity index (χ0v) is 18.5. The van der Waals surface area contributed by atoms with Crippen LogP contribution in [0.5, 0.6) is 5.88 Å². The molecule has 0 saturated carbocycles. The predicted octanol–water partition coefficient (Wildman–Crippen LogP) is 3.44. The number of amides is 1. The summed E-state index contributed by atoms with van der Waals surface area (Å²) in [4.78, 5) is 26.1. The van der Waals surface area contributed by atoms with Crippen molar-refractivity contribution in [2.75, 3.05) is 31.5 Å². The van der Waals surface area contributed by atoms with Crippen molar-refractivity contribution in [2.45, 2.75) is 57.7 Å². The number of ether oxygens (including phenoxy) is 1. The molecule has 4 heterocycles. The molecule has 4 rings (SSSR count). The van der Waals surface area contributed by atoms with Crippen LogP contribution in [0, 0.1) is 0 Å². The second-order valence-corrected chi connectivity index (χ2v) is 8.79. The number of nitrogens with zero attached hydrogens (tertiary/aromatic N) is 4. The number of aromatic nitrogens is 2. The van der Waals surface area contributed by atoms with Crippen LogP contribution in [0.4, 0.5) is 5.69 Å². The van der Waals surface area contributed by atoms with Gasteiger partial charge in [-0.05, 0) is 77.4 Å². The summed E-state index contributed by atoms with van der Waals surface area (Å²) in [6.07, 6.45) is 8.02. The molecule has 0 radical (unpaired) electrons. The monoisotopic (exact) mass is 423 g/mol. The van der Waals surface area contributed by atoms with Gasteiger partial charge in [-0.3, -0.25) is 14.7 Å². The summed E-state index contributed by atoms with van der Waals surface area (Å²) in [5.74, 6) is 0.266. The van der Waals surface area contributed by atoms with Crippen LogP contribution in [-0.2, 0) is 0 Å². The van der Waals surface area contributed by atoms with Gasteiger partial charge in [0.2, 0.25) is 5.88 Å². The molecule has 1 unspecified atom stereocenters. The molecule has 7 nitrogen and oxygen atoms in total. The van der Waals surface area contributed by atoms with Gasteiger partial charge in [0, 0.05) is 42.8 Å². The quantitative estimate of drug-likeness (QED) is 0.767. The number of carbonyl (C=O) groups excluding carboxylic acids is 1. The van der Waals surface area contributed by atoms with E-state index in [1.165, 1.54) is 25.9 Å². The van der Waals surface area contributed by atoms with E-state index in [9.17, 15) is 4.79 Å². The Morgan fingerprint density at radius 3 is 2.61 bits per heavy atom.